The predicted molar refractivity (Wildman–Crippen MR) is 84.5 cm³/mol. The molecule has 2 aromatic rings. The van der Waals surface area contributed by atoms with Gasteiger partial charge in [0.2, 0.25) is 0 Å². The Balaban J connectivity index is 0.00000338. The molecule has 2 rings (SSSR count). The van der Waals surface area contributed by atoms with Gasteiger partial charge in [-0.1, -0.05) is 12.1 Å². The first-order valence-electron chi connectivity index (χ1n) is 6.44. The van der Waals surface area contributed by atoms with E-state index in [-0.39, 0.29) is 62.5 Å². The number of aromatic carboxylic acids is 2. The molecule has 2 N–H and O–H groups in total. The van der Waals surface area contributed by atoms with E-state index in [1.807, 2.05) is 0 Å². The molecule has 132 valence electrons. The average molecular weight is 423 g/mol. The molecule has 0 aliphatic carbocycles. The van der Waals surface area contributed by atoms with Gasteiger partial charge in [0.15, 0.2) is 0 Å². The van der Waals surface area contributed by atoms with E-state index < -0.39 is 41.8 Å². The second-order valence-electron chi connectivity index (χ2n) is 4.69. The van der Waals surface area contributed by atoms with E-state index in [4.69, 9.17) is 10.2 Å². The summed E-state index contributed by atoms with van der Waals surface area (Å²) in [5.74, 6) is -2.79. The van der Waals surface area contributed by atoms with Gasteiger partial charge in [-0.2, -0.15) is 0 Å². The van der Waals surface area contributed by atoms with Crippen molar-refractivity contribution in [1.29, 1.82) is 0 Å². The molecule has 0 aromatic heterocycles. The molecular weight excluding hydrogens is 413 g/mol. The molecule has 0 spiro atoms. The van der Waals surface area contributed by atoms with Crippen LogP contribution in [0.15, 0.2) is 58.3 Å². The van der Waals surface area contributed by atoms with Crippen molar-refractivity contribution in [3.63, 3.8) is 0 Å². The van der Waals surface area contributed by atoms with Gasteiger partial charge in [0.25, 0.3) is 0 Å². The largest absolute Gasteiger partial charge is 1.00 e. The molecular formula is C14H10KNO8S2. The van der Waals surface area contributed by atoms with E-state index in [1.54, 1.807) is 0 Å². The number of hydrogen-bond acceptors (Lipinski definition) is 6. The topological polar surface area (TPSA) is 157 Å². The number of carboxylic acids is 2. The van der Waals surface area contributed by atoms with Crippen molar-refractivity contribution in [3.05, 3.63) is 63.8 Å². The zero-order valence-electron chi connectivity index (χ0n) is 13.2. The van der Waals surface area contributed by atoms with Crippen LogP contribution in [0.4, 0.5) is 0 Å². The van der Waals surface area contributed by atoms with E-state index in [1.165, 1.54) is 0 Å². The van der Waals surface area contributed by atoms with Gasteiger partial charge in [-0.05, 0) is 36.4 Å². The Morgan fingerprint density at radius 1 is 0.731 bits per heavy atom. The second kappa shape index (κ2) is 8.71. The summed E-state index contributed by atoms with van der Waals surface area (Å²) in [7, 11) is -9.46. The molecule has 0 aliphatic rings. The molecule has 0 radical (unpaired) electrons. The number of carbonyl (C=O) groups is 2. The maximum absolute atomic E-state index is 12.2. The first kappa shape index (κ1) is 22.9. The summed E-state index contributed by atoms with van der Waals surface area (Å²) in [5.41, 5.74) is -0.719. The van der Waals surface area contributed by atoms with E-state index in [9.17, 15) is 26.4 Å². The number of rotatable bonds is 6. The Hall–Kier alpha value is -1.12. The molecule has 12 heteroatoms. The Morgan fingerprint density at radius 3 is 1.38 bits per heavy atom. The third-order valence-corrected chi connectivity index (χ3v) is 6.22. The summed E-state index contributed by atoms with van der Waals surface area (Å²) in [6.45, 7) is 0. The summed E-state index contributed by atoms with van der Waals surface area (Å²) in [4.78, 5) is 20.5. The number of hydrogen-bond donors (Lipinski definition) is 2. The summed E-state index contributed by atoms with van der Waals surface area (Å²) < 4.78 is 51.5. The minimum atomic E-state index is -4.73. The van der Waals surface area contributed by atoms with Crippen molar-refractivity contribution in [2.75, 3.05) is 0 Å². The van der Waals surface area contributed by atoms with E-state index in [0.29, 0.717) is 0 Å². The van der Waals surface area contributed by atoms with Crippen molar-refractivity contribution in [3.8, 4) is 0 Å². The molecule has 0 amide bonds. The maximum Gasteiger partial charge on any atom is 1.00 e. The van der Waals surface area contributed by atoms with Crippen LogP contribution in [-0.4, -0.2) is 39.0 Å². The SMILES string of the molecule is O=C(O)c1cccc(S(=O)(=O)[N-]S(=O)(=O)c2cccc(C(=O)O)c2)c1.[K+]. The molecule has 9 nitrogen and oxygen atoms in total. The molecule has 0 saturated heterocycles. The number of nitrogens with zero attached hydrogens (tertiary/aromatic N) is 1. The summed E-state index contributed by atoms with van der Waals surface area (Å²) in [6.07, 6.45) is 0. The average Bonchev–Trinajstić information content (AvgIpc) is 2.54. The van der Waals surface area contributed by atoms with Gasteiger partial charge in [0.05, 0.1) is 11.1 Å². The summed E-state index contributed by atoms with van der Waals surface area (Å²) in [5, 5.41) is 17.7. The third kappa shape index (κ3) is 5.44. The zero-order valence-corrected chi connectivity index (χ0v) is 18.0. The van der Waals surface area contributed by atoms with Gasteiger partial charge in [0, 0.05) is 9.79 Å². The van der Waals surface area contributed by atoms with Gasteiger partial charge in [-0.15, -0.1) is 0 Å². The molecule has 0 unspecified atom stereocenters. The van der Waals surface area contributed by atoms with Crippen LogP contribution in [0.2, 0.25) is 0 Å². The minimum absolute atomic E-state index is 0. The van der Waals surface area contributed by atoms with E-state index >= 15 is 0 Å². The monoisotopic (exact) mass is 423 g/mol. The van der Waals surface area contributed by atoms with Crippen LogP contribution < -0.4 is 51.4 Å². The molecule has 0 atom stereocenters. The van der Waals surface area contributed by atoms with Gasteiger partial charge >= 0.3 is 63.3 Å². The van der Waals surface area contributed by atoms with Crippen LogP contribution in [0.1, 0.15) is 20.7 Å². The van der Waals surface area contributed by atoms with Crippen LogP contribution in [0.25, 0.3) is 4.13 Å². The van der Waals surface area contributed by atoms with Crippen LogP contribution in [0.5, 0.6) is 0 Å². The number of benzene rings is 2. The molecule has 26 heavy (non-hydrogen) atoms. The van der Waals surface area contributed by atoms with Crippen molar-refractivity contribution in [2.45, 2.75) is 9.79 Å². The fourth-order valence-corrected chi connectivity index (χ4v) is 4.57. The Kier molecular flexibility index (Phi) is 7.68. The van der Waals surface area contributed by atoms with Gasteiger partial charge in [-0.3, -0.25) is 0 Å². The molecule has 0 aliphatic heterocycles. The van der Waals surface area contributed by atoms with Crippen LogP contribution in [0, 0.1) is 0 Å². The van der Waals surface area contributed by atoms with Crippen LogP contribution >= 0.6 is 0 Å². The van der Waals surface area contributed by atoms with Crippen molar-refractivity contribution < 1.29 is 88.0 Å². The molecule has 0 heterocycles. The van der Waals surface area contributed by atoms with Crippen LogP contribution in [-0.2, 0) is 20.0 Å². The number of carboxylic acid groups (broad SMARTS) is 2. The Bertz CT molecular complexity index is 978. The van der Waals surface area contributed by atoms with E-state index in [0.717, 1.165) is 48.5 Å². The van der Waals surface area contributed by atoms with Crippen molar-refractivity contribution in [1.82, 2.24) is 0 Å². The second-order valence-corrected chi connectivity index (χ2v) is 8.13. The van der Waals surface area contributed by atoms with Crippen molar-refractivity contribution in [2.24, 2.45) is 0 Å². The summed E-state index contributed by atoms with van der Waals surface area (Å²) >= 11 is 0. The van der Waals surface area contributed by atoms with Crippen LogP contribution in [0.3, 0.4) is 0 Å². The zero-order chi connectivity index (χ0) is 18.8. The van der Waals surface area contributed by atoms with E-state index in [2.05, 4.69) is 4.13 Å². The van der Waals surface area contributed by atoms with Crippen molar-refractivity contribution >= 4 is 32.0 Å². The Labute approximate surface area is 191 Å². The minimum Gasteiger partial charge on any atom is -0.478 e. The molecule has 0 fully saturated rings. The molecule has 0 saturated carbocycles. The van der Waals surface area contributed by atoms with Gasteiger partial charge in [-0.25, -0.2) is 26.4 Å². The molecule has 2 aromatic carbocycles. The standard InChI is InChI=1S/C14H10NO8S2.K/c16-13(17)9-3-1-5-11(7-9)24(20,21)15-25(22,23)12-6-2-4-10(8-12)14(18)19;/h1-8H,(H,16,17)(H,18,19);/q-1;+1. The predicted octanol–water partition coefficient (Wildman–Crippen LogP) is -1.46. The normalized spacial score (nSPS) is 11.4. The fourth-order valence-electron chi connectivity index (χ4n) is 1.79. The van der Waals surface area contributed by atoms with Gasteiger partial charge in [0.1, 0.15) is 20.0 Å². The first-order chi connectivity index (χ1) is 11.5. The van der Waals surface area contributed by atoms with Gasteiger partial charge < -0.3 is 14.3 Å². The summed E-state index contributed by atoms with van der Waals surface area (Å²) in [6, 6.07) is 8.04. The first-order valence-corrected chi connectivity index (χ1v) is 9.32. The smallest absolute Gasteiger partial charge is 0.478 e. The molecule has 0 bridgehead atoms. The Morgan fingerprint density at radius 2 is 1.08 bits per heavy atom. The number of sulfonamides is 2. The fraction of sp³-hybridized carbons (Fsp3) is 0. The quantitative estimate of drug-likeness (QED) is 0.534. The maximum atomic E-state index is 12.2. The third-order valence-electron chi connectivity index (χ3n) is 2.95.